The van der Waals surface area contributed by atoms with Gasteiger partial charge in [-0.25, -0.2) is 14.0 Å². The van der Waals surface area contributed by atoms with Crippen LogP contribution in [0.3, 0.4) is 0 Å². The Morgan fingerprint density at radius 1 is 0.632 bits per heavy atom. The number of aryl methyl sites for hydroxylation is 3. The van der Waals surface area contributed by atoms with Gasteiger partial charge >= 0.3 is 17.1 Å². The van der Waals surface area contributed by atoms with Crippen molar-refractivity contribution in [1.82, 2.24) is 29.3 Å². The molecule has 0 aliphatic heterocycles. The van der Waals surface area contributed by atoms with E-state index in [1.54, 1.807) is 0 Å². The highest BCUT2D eigenvalue weighted by molar-refractivity contribution is 5.75. The Labute approximate surface area is 212 Å². The summed E-state index contributed by atoms with van der Waals surface area (Å²) in [7, 11) is 0. The van der Waals surface area contributed by atoms with Crippen LogP contribution >= 0.6 is 0 Å². The smallest absolute Gasteiger partial charge is 0.313 e. The summed E-state index contributed by atoms with van der Waals surface area (Å²) in [5.74, 6) is -1.20. The van der Waals surface area contributed by atoms with Gasteiger partial charge in [-0.05, 0) is 41.5 Å². The monoisotopic (exact) mass is 527 g/mol. The first-order valence-corrected chi connectivity index (χ1v) is 10.9. The van der Waals surface area contributed by atoms with Gasteiger partial charge in [-0.1, -0.05) is 0 Å². The van der Waals surface area contributed by atoms with E-state index < -0.39 is 26.3 Å². The van der Waals surface area contributed by atoms with Crippen molar-refractivity contribution >= 4 is 17.1 Å². The molecule has 0 fully saturated rings. The lowest BCUT2D eigenvalue weighted by Crippen LogP contribution is -2.12. The number of nitro groups is 3. The summed E-state index contributed by atoms with van der Waals surface area (Å²) in [4.78, 5) is 32.9. The fourth-order valence-electron chi connectivity index (χ4n) is 4.56. The van der Waals surface area contributed by atoms with Crippen LogP contribution in [-0.2, 0) is 0 Å². The highest BCUT2D eigenvalue weighted by Crippen LogP contribution is 2.44. The van der Waals surface area contributed by atoms with Gasteiger partial charge in [0, 0.05) is 6.07 Å². The Morgan fingerprint density at radius 2 is 0.974 bits per heavy atom. The molecule has 2 N–H and O–H groups in total. The largest absolute Gasteiger partial charge is 0.506 e. The molecule has 17 heteroatoms. The fourth-order valence-corrected chi connectivity index (χ4v) is 4.56. The van der Waals surface area contributed by atoms with Crippen LogP contribution in [0.5, 0.6) is 11.5 Å². The molecule has 4 rings (SSSR count). The Bertz CT molecular complexity index is 1700. The van der Waals surface area contributed by atoms with Crippen LogP contribution in [0.25, 0.3) is 17.1 Å². The molecule has 3 heterocycles. The van der Waals surface area contributed by atoms with Gasteiger partial charge in [0.05, 0.1) is 14.8 Å². The molecule has 0 spiro atoms. The van der Waals surface area contributed by atoms with Crippen molar-refractivity contribution in [3.8, 4) is 28.6 Å². The minimum Gasteiger partial charge on any atom is -0.506 e. The van der Waals surface area contributed by atoms with Gasteiger partial charge in [-0.3, -0.25) is 30.3 Å². The lowest BCUT2D eigenvalue weighted by atomic mass is 10.1. The molecule has 17 nitrogen and oxygen atoms in total. The molecule has 0 aliphatic carbocycles. The Kier molecular flexibility index (Phi) is 5.85. The molecule has 4 aromatic rings. The van der Waals surface area contributed by atoms with Crippen LogP contribution in [0.2, 0.25) is 0 Å². The van der Waals surface area contributed by atoms with Crippen LogP contribution in [0.15, 0.2) is 6.07 Å². The predicted molar refractivity (Wildman–Crippen MR) is 130 cm³/mol. The number of phenols is 2. The molecule has 0 saturated heterocycles. The third-order valence-corrected chi connectivity index (χ3v) is 6.17. The number of hydrogen-bond acceptors (Lipinski definition) is 11. The van der Waals surface area contributed by atoms with Gasteiger partial charge in [0.25, 0.3) is 0 Å². The average molecular weight is 527 g/mol. The topological polar surface area (TPSA) is 223 Å². The van der Waals surface area contributed by atoms with Crippen LogP contribution in [0.1, 0.15) is 34.2 Å². The van der Waals surface area contributed by atoms with Crippen molar-refractivity contribution in [2.24, 2.45) is 0 Å². The third-order valence-electron chi connectivity index (χ3n) is 6.17. The van der Waals surface area contributed by atoms with E-state index in [1.165, 1.54) is 41.5 Å². The highest BCUT2D eigenvalue weighted by Gasteiger charge is 2.33. The van der Waals surface area contributed by atoms with Gasteiger partial charge in [0.15, 0.2) is 5.75 Å². The van der Waals surface area contributed by atoms with Crippen molar-refractivity contribution < 1.29 is 25.0 Å². The number of hydrogen-bond donors (Lipinski definition) is 2. The number of aromatic hydroxyl groups is 2. The molecule has 0 atom stereocenters. The lowest BCUT2D eigenvalue weighted by Gasteiger charge is -2.18. The molecule has 0 saturated carbocycles. The Morgan fingerprint density at radius 3 is 1.34 bits per heavy atom. The van der Waals surface area contributed by atoms with E-state index in [4.69, 9.17) is 0 Å². The summed E-state index contributed by atoms with van der Waals surface area (Å²) in [5.41, 5.74) is -1.78. The quantitative estimate of drug-likeness (QED) is 0.210. The van der Waals surface area contributed by atoms with Crippen molar-refractivity contribution in [2.45, 2.75) is 41.5 Å². The molecule has 0 aliphatic rings. The average Bonchev–Trinajstić information content (AvgIpc) is 3.38. The van der Waals surface area contributed by atoms with Crippen molar-refractivity contribution in [2.75, 3.05) is 0 Å². The number of aromatic nitrogens is 6. The number of benzene rings is 1. The standard InChI is InChI=1S/C21H21N9O8/c1-8-16(28(33)34)11(4)25(22-8)14-7-15(31)19(26-12(5)17(29(35)36)9(2)23-26)20(21(14)32)27-13(6)18(30(37)38)10(3)24-27/h7,31-32H,1-6H3. The highest BCUT2D eigenvalue weighted by atomic mass is 16.6. The van der Waals surface area contributed by atoms with Gasteiger partial charge in [0.2, 0.25) is 0 Å². The maximum absolute atomic E-state index is 11.7. The van der Waals surface area contributed by atoms with Gasteiger partial charge < -0.3 is 10.2 Å². The normalized spacial score (nSPS) is 11.2. The van der Waals surface area contributed by atoms with E-state index >= 15 is 0 Å². The molecular weight excluding hydrogens is 506 g/mol. The van der Waals surface area contributed by atoms with Gasteiger partial charge in [-0.15, -0.1) is 0 Å². The molecule has 3 aromatic heterocycles. The molecule has 38 heavy (non-hydrogen) atoms. The van der Waals surface area contributed by atoms with E-state index in [9.17, 15) is 40.6 Å². The lowest BCUT2D eigenvalue weighted by molar-refractivity contribution is -0.386. The molecule has 0 unspecified atom stereocenters. The Hall–Kier alpha value is -5.35. The predicted octanol–water partition coefficient (Wildman–Crippen LogP) is 3.23. The second kappa shape index (κ2) is 8.64. The van der Waals surface area contributed by atoms with Crippen LogP contribution in [0, 0.1) is 71.9 Å². The molecule has 198 valence electrons. The maximum atomic E-state index is 11.7. The molecule has 0 radical (unpaired) electrons. The van der Waals surface area contributed by atoms with Crippen LogP contribution in [0.4, 0.5) is 17.1 Å². The van der Waals surface area contributed by atoms with E-state index in [2.05, 4.69) is 15.3 Å². The number of nitrogens with zero attached hydrogens (tertiary/aromatic N) is 9. The van der Waals surface area contributed by atoms with Gasteiger partial charge in [-0.2, -0.15) is 15.3 Å². The van der Waals surface area contributed by atoms with E-state index in [0.717, 1.165) is 20.1 Å². The third kappa shape index (κ3) is 3.59. The molecule has 0 amide bonds. The zero-order chi connectivity index (χ0) is 28.4. The van der Waals surface area contributed by atoms with Crippen molar-refractivity contribution in [3.05, 3.63) is 70.6 Å². The molecular formula is C21H21N9O8. The van der Waals surface area contributed by atoms with E-state index in [-0.39, 0.29) is 68.3 Å². The minimum absolute atomic E-state index is 0.00557. The summed E-state index contributed by atoms with van der Waals surface area (Å²) in [6, 6.07) is 1.06. The second-order valence-corrected chi connectivity index (χ2v) is 8.53. The zero-order valence-electron chi connectivity index (χ0n) is 20.9. The number of rotatable bonds is 6. The van der Waals surface area contributed by atoms with Crippen LogP contribution in [-0.4, -0.2) is 54.3 Å². The fraction of sp³-hybridized carbons (Fsp3) is 0.286. The minimum atomic E-state index is -0.660. The Balaban J connectivity index is 2.18. The van der Waals surface area contributed by atoms with E-state index in [0.29, 0.717) is 0 Å². The molecule has 1 aromatic carbocycles. The second-order valence-electron chi connectivity index (χ2n) is 8.53. The first kappa shape index (κ1) is 25.7. The van der Waals surface area contributed by atoms with Gasteiger partial charge in [0.1, 0.15) is 57.0 Å². The summed E-state index contributed by atoms with van der Waals surface area (Å²) in [6.07, 6.45) is 0. The summed E-state index contributed by atoms with van der Waals surface area (Å²) < 4.78 is 3.07. The maximum Gasteiger partial charge on any atom is 0.313 e. The first-order valence-electron chi connectivity index (χ1n) is 10.9. The summed E-state index contributed by atoms with van der Waals surface area (Å²) >= 11 is 0. The van der Waals surface area contributed by atoms with Crippen molar-refractivity contribution in [1.29, 1.82) is 0 Å². The summed E-state index contributed by atoms with van der Waals surface area (Å²) in [5, 5.41) is 70.0. The SMILES string of the molecule is Cc1nn(-c2cc(O)c(-n3nc(C)c([N+](=O)[O-])c3C)c(-n3nc(C)c([N+](=O)[O-])c3C)c2O)c(C)c1[N+](=O)[O-]. The van der Waals surface area contributed by atoms with Crippen molar-refractivity contribution in [3.63, 3.8) is 0 Å². The zero-order valence-corrected chi connectivity index (χ0v) is 20.9. The van der Waals surface area contributed by atoms with Crippen LogP contribution < -0.4 is 0 Å². The molecule has 0 bridgehead atoms. The van der Waals surface area contributed by atoms with E-state index in [1.807, 2.05) is 0 Å². The first-order chi connectivity index (χ1) is 17.7. The summed E-state index contributed by atoms with van der Waals surface area (Å²) in [6.45, 7) is 8.29. The number of phenolic OH excluding ortho intramolecular Hbond substituents is 2.